The molecule has 1 aliphatic heterocycles. The number of halogens is 2. The van der Waals surface area contributed by atoms with Crippen LogP contribution in [0.2, 0.25) is 0 Å². The Hall–Kier alpha value is -1.51. The molecule has 102 valence electrons. The molecule has 1 aliphatic rings. The highest BCUT2D eigenvalue weighted by Crippen LogP contribution is 2.22. The van der Waals surface area contributed by atoms with Crippen LogP contribution in [0.15, 0.2) is 24.3 Å². The van der Waals surface area contributed by atoms with Crippen LogP contribution in [0.1, 0.15) is 36.4 Å². The standard InChI is InChI=1S/C14H16F2N2O/c15-14(16)11-4-1-3-10(7-11)13(8-17)18-9-12-5-2-6-19-12/h1,3-4,7,12-14,18H,2,5-6,9H2. The van der Waals surface area contributed by atoms with E-state index in [1.807, 2.05) is 0 Å². The normalized spacial score (nSPS) is 20.4. The number of hydrogen-bond donors (Lipinski definition) is 1. The molecule has 0 aliphatic carbocycles. The Bertz CT molecular complexity index is 453. The van der Waals surface area contributed by atoms with Crippen LogP contribution >= 0.6 is 0 Å². The van der Waals surface area contributed by atoms with Crippen molar-refractivity contribution in [3.63, 3.8) is 0 Å². The molecular weight excluding hydrogens is 250 g/mol. The van der Waals surface area contributed by atoms with Gasteiger partial charge in [0, 0.05) is 18.7 Å². The lowest BCUT2D eigenvalue weighted by Crippen LogP contribution is -2.29. The van der Waals surface area contributed by atoms with Crippen molar-refractivity contribution in [2.75, 3.05) is 13.2 Å². The van der Waals surface area contributed by atoms with Crippen molar-refractivity contribution in [1.29, 1.82) is 5.26 Å². The van der Waals surface area contributed by atoms with E-state index >= 15 is 0 Å². The van der Waals surface area contributed by atoms with E-state index < -0.39 is 12.5 Å². The maximum Gasteiger partial charge on any atom is 0.263 e. The molecule has 0 amide bonds. The monoisotopic (exact) mass is 266 g/mol. The van der Waals surface area contributed by atoms with Gasteiger partial charge in [-0.05, 0) is 24.5 Å². The van der Waals surface area contributed by atoms with Crippen molar-refractivity contribution in [2.24, 2.45) is 0 Å². The predicted octanol–water partition coefficient (Wildman–Crippen LogP) is 2.96. The van der Waals surface area contributed by atoms with E-state index in [4.69, 9.17) is 10.00 Å². The third-order valence-corrected chi connectivity index (χ3v) is 3.20. The fourth-order valence-corrected chi connectivity index (χ4v) is 2.17. The van der Waals surface area contributed by atoms with Gasteiger partial charge in [0.25, 0.3) is 6.43 Å². The Kier molecular flexibility index (Phi) is 4.83. The highest BCUT2D eigenvalue weighted by atomic mass is 19.3. The maximum atomic E-state index is 12.6. The summed E-state index contributed by atoms with van der Waals surface area (Å²) in [6.45, 7) is 1.32. The summed E-state index contributed by atoms with van der Waals surface area (Å²) in [5.74, 6) is 0. The summed E-state index contributed by atoms with van der Waals surface area (Å²) in [5, 5.41) is 12.2. The third-order valence-electron chi connectivity index (χ3n) is 3.20. The van der Waals surface area contributed by atoms with Gasteiger partial charge in [0.1, 0.15) is 6.04 Å². The van der Waals surface area contributed by atoms with Gasteiger partial charge < -0.3 is 4.74 Å². The Balaban J connectivity index is 2.00. The molecule has 1 N–H and O–H groups in total. The van der Waals surface area contributed by atoms with Gasteiger partial charge in [-0.2, -0.15) is 5.26 Å². The molecule has 2 atom stereocenters. The van der Waals surface area contributed by atoms with Gasteiger partial charge in [0.15, 0.2) is 0 Å². The molecule has 0 spiro atoms. The summed E-state index contributed by atoms with van der Waals surface area (Å²) < 4.78 is 30.7. The minimum atomic E-state index is -2.52. The molecule has 1 saturated heterocycles. The zero-order valence-corrected chi connectivity index (χ0v) is 10.5. The Labute approximate surface area is 111 Å². The van der Waals surface area contributed by atoms with Crippen LogP contribution in [0.25, 0.3) is 0 Å². The smallest absolute Gasteiger partial charge is 0.263 e. The molecule has 1 fully saturated rings. The van der Waals surface area contributed by atoms with Gasteiger partial charge in [-0.15, -0.1) is 0 Å². The molecule has 0 radical (unpaired) electrons. The van der Waals surface area contributed by atoms with E-state index in [1.165, 1.54) is 12.1 Å². The fraction of sp³-hybridized carbons (Fsp3) is 0.500. The first-order valence-electron chi connectivity index (χ1n) is 6.33. The van der Waals surface area contributed by atoms with Gasteiger partial charge in [0.05, 0.1) is 12.2 Å². The predicted molar refractivity (Wildman–Crippen MR) is 66.7 cm³/mol. The van der Waals surface area contributed by atoms with Crippen LogP contribution in [0.3, 0.4) is 0 Å². The molecular formula is C14H16F2N2O. The number of rotatable bonds is 5. The number of nitrogens with one attached hydrogen (secondary N) is 1. The molecule has 1 aromatic rings. The molecule has 0 bridgehead atoms. The molecule has 2 rings (SSSR count). The van der Waals surface area contributed by atoms with Crippen molar-refractivity contribution >= 4 is 0 Å². The van der Waals surface area contributed by atoms with Crippen molar-refractivity contribution in [1.82, 2.24) is 5.32 Å². The lowest BCUT2D eigenvalue weighted by atomic mass is 10.0. The van der Waals surface area contributed by atoms with Gasteiger partial charge >= 0.3 is 0 Å². The number of benzene rings is 1. The second-order valence-electron chi connectivity index (χ2n) is 4.58. The maximum absolute atomic E-state index is 12.6. The average molecular weight is 266 g/mol. The summed E-state index contributed by atoms with van der Waals surface area (Å²) in [5.41, 5.74) is 0.509. The average Bonchev–Trinajstić information content (AvgIpc) is 2.93. The first-order valence-corrected chi connectivity index (χ1v) is 6.33. The van der Waals surface area contributed by atoms with Crippen LogP contribution in [-0.2, 0) is 4.74 Å². The second kappa shape index (κ2) is 6.60. The van der Waals surface area contributed by atoms with E-state index in [-0.39, 0.29) is 11.7 Å². The van der Waals surface area contributed by atoms with Crippen molar-refractivity contribution in [2.45, 2.75) is 31.4 Å². The Morgan fingerprint density at radius 3 is 2.84 bits per heavy atom. The summed E-state index contributed by atoms with van der Waals surface area (Å²) >= 11 is 0. The van der Waals surface area contributed by atoms with Crippen LogP contribution in [0.5, 0.6) is 0 Å². The quantitative estimate of drug-likeness (QED) is 0.891. The lowest BCUT2D eigenvalue weighted by molar-refractivity contribution is 0.109. The van der Waals surface area contributed by atoms with Crippen molar-refractivity contribution < 1.29 is 13.5 Å². The minimum Gasteiger partial charge on any atom is -0.377 e. The number of nitrogens with zero attached hydrogens (tertiary/aromatic N) is 1. The summed E-state index contributed by atoms with van der Waals surface area (Å²) in [7, 11) is 0. The molecule has 1 aromatic carbocycles. The largest absolute Gasteiger partial charge is 0.377 e. The molecule has 1 heterocycles. The molecule has 5 heteroatoms. The first-order chi connectivity index (χ1) is 9.20. The minimum absolute atomic E-state index is 0.0586. The highest BCUT2D eigenvalue weighted by molar-refractivity contribution is 5.29. The topological polar surface area (TPSA) is 45.0 Å². The highest BCUT2D eigenvalue weighted by Gasteiger charge is 2.18. The van der Waals surface area contributed by atoms with Crippen molar-refractivity contribution in [3.05, 3.63) is 35.4 Å². The number of ether oxygens (including phenoxy) is 1. The van der Waals surface area contributed by atoms with Crippen LogP contribution in [0, 0.1) is 11.3 Å². The van der Waals surface area contributed by atoms with E-state index in [2.05, 4.69) is 11.4 Å². The summed E-state index contributed by atoms with van der Waals surface area (Å²) in [4.78, 5) is 0. The lowest BCUT2D eigenvalue weighted by Gasteiger charge is -2.16. The van der Waals surface area contributed by atoms with Gasteiger partial charge in [-0.1, -0.05) is 18.2 Å². The van der Waals surface area contributed by atoms with Gasteiger partial charge in [0.2, 0.25) is 0 Å². The van der Waals surface area contributed by atoms with Gasteiger partial charge in [-0.3, -0.25) is 5.32 Å². The Morgan fingerprint density at radius 2 is 2.21 bits per heavy atom. The first kappa shape index (κ1) is 13.9. The molecule has 0 aromatic heterocycles. The molecule has 19 heavy (non-hydrogen) atoms. The van der Waals surface area contributed by atoms with Crippen molar-refractivity contribution in [3.8, 4) is 6.07 Å². The fourth-order valence-electron chi connectivity index (χ4n) is 2.17. The van der Waals surface area contributed by atoms with Crippen LogP contribution < -0.4 is 5.32 Å². The summed E-state index contributed by atoms with van der Waals surface area (Å²) in [6.07, 6.45) is -0.390. The number of hydrogen-bond acceptors (Lipinski definition) is 3. The number of nitriles is 1. The zero-order chi connectivity index (χ0) is 13.7. The van der Waals surface area contributed by atoms with E-state index in [0.29, 0.717) is 12.1 Å². The molecule has 3 nitrogen and oxygen atoms in total. The SMILES string of the molecule is N#CC(NCC1CCCO1)c1cccc(C(F)F)c1. The Morgan fingerprint density at radius 1 is 1.42 bits per heavy atom. The van der Waals surface area contributed by atoms with Crippen LogP contribution in [0.4, 0.5) is 8.78 Å². The number of alkyl halides is 2. The molecule has 2 unspecified atom stereocenters. The molecule has 0 saturated carbocycles. The van der Waals surface area contributed by atoms with E-state index in [1.54, 1.807) is 12.1 Å². The van der Waals surface area contributed by atoms with E-state index in [9.17, 15) is 8.78 Å². The zero-order valence-electron chi connectivity index (χ0n) is 10.5. The van der Waals surface area contributed by atoms with E-state index in [0.717, 1.165) is 19.4 Å². The van der Waals surface area contributed by atoms with Crippen LogP contribution in [-0.4, -0.2) is 19.3 Å². The third kappa shape index (κ3) is 3.72. The van der Waals surface area contributed by atoms with Gasteiger partial charge in [-0.25, -0.2) is 8.78 Å². The second-order valence-corrected chi connectivity index (χ2v) is 4.58. The summed E-state index contributed by atoms with van der Waals surface area (Å²) in [6, 6.07) is 7.49.